The monoisotopic (exact) mass is 292 g/mol. The van der Waals surface area contributed by atoms with Crippen molar-refractivity contribution < 1.29 is 0 Å². The van der Waals surface area contributed by atoms with E-state index in [0.29, 0.717) is 6.54 Å². The van der Waals surface area contributed by atoms with E-state index >= 15 is 0 Å². The minimum atomic E-state index is 0.0823. The van der Waals surface area contributed by atoms with E-state index in [-0.39, 0.29) is 5.56 Å². The van der Waals surface area contributed by atoms with Crippen molar-refractivity contribution in [3.8, 4) is 0 Å². The summed E-state index contributed by atoms with van der Waals surface area (Å²) in [5.41, 5.74) is 5.94. The molecule has 3 heteroatoms. The van der Waals surface area contributed by atoms with E-state index in [1.165, 1.54) is 0 Å². The van der Waals surface area contributed by atoms with Crippen LogP contribution in [0.1, 0.15) is 28.1 Å². The standard InChI is InChI=1S/C19H20N2O/c1-12-10-17-18(15(4)20-12)13(2)14(3)19(22)21(17)11-16-8-6-5-7-9-16/h5-10H,11H2,1-4H3. The maximum absolute atomic E-state index is 12.8. The molecular weight excluding hydrogens is 272 g/mol. The highest BCUT2D eigenvalue weighted by Crippen LogP contribution is 2.23. The van der Waals surface area contributed by atoms with Crippen molar-refractivity contribution >= 4 is 10.9 Å². The van der Waals surface area contributed by atoms with Crippen LogP contribution < -0.4 is 5.56 Å². The van der Waals surface area contributed by atoms with Gasteiger partial charge in [0.1, 0.15) is 0 Å². The van der Waals surface area contributed by atoms with Gasteiger partial charge < -0.3 is 4.57 Å². The molecule has 1 aromatic carbocycles. The largest absolute Gasteiger partial charge is 0.303 e. The molecule has 3 aromatic rings. The Balaban J connectivity index is 2.36. The second-order valence-corrected chi connectivity index (χ2v) is 5.87. The van der Waals surface area contributed by atoms with Crippen molar-refractivity contribution in [2.75, 3.05) is 0 Å². The van der Waals surface area contributed by atoms with Gasteiger partial charge in [-0.1, -0.05) is 30.3 Å². The van der Waals surface area contributed by atoms with Gasteiger partial charge in [-0.25, -0.2) is 0 Å². The van der Waals surface area contributed by atoms with Gasteiger partial charge in [-0.15, -0.1) is 0 Å². The van der Waals surface area contributed by atoms with Gasteiger partial charge in [0.05, 0.1) is 12.1 Å². The maximum atomic E-state index is 12.8. The lowest BCUT2D eigenvalue weighted by Gasteiger charge is -2.16. The first-order chi connectivity index (χ1) is 10.5. The summed E-state index contributed by atoms with van der Waals surface area (Å²) < 4.78 is 1.87. The average Bonchev–Trinajstić information content (AvgIpc) is 2.49. The molecule has 0 aliphatic carbocycles. The number of pyridine rings is 2. The highest BCUT2D eigenvalue weighted by Gasteiger charge is 2.14. The molecule has 0 aliphatic rings. The van der Waals surface area contributed by atoms with Crippen LogP contribution in [0.2, 0.25) is 0 Å². The maximum Gasteiger partial charge on any atom is 0.254 e. The third-order valence-electron chi connectivity index (χ3n) is 4.29. The minimum absolute atomic E-state index is 0.0823. The molecule has 2 aromatic heterocycles. The summed E-state index contributed by atoms with van der Waals surface area (Å²) >= 11 is 0. The molecule has 22 heavy (non-hydrogen) atoms. The van der Waals surface area contributed by atoms with Crippen molar-refractivity contribution in [1.29, 1.82) is 0 Å². The molecule has 0 spiro atoms. The number of hydrogen-bond acceptors (Lipinski definition) is 2. The summed E-state index contributed by atoms with van der Waals surface area (Å²) in [6.07, 6.45) is 0. The fourth-order valence-electron chi connectivity index (χ4n) is 3.07. The van der Waals surface area contributed by atoms with E-state index in [2.05, 4.69) is 4.98 Å². The number of rotatable bonds is 2. The number of nitrogens with zero attached hydrogens (tertiary/aromatic N) is 2. The molecule has 112 valence electrons. The third kappa shape index (κ3) is 2.33. The van der Waals surface area contributed by atoms with Crippen molar-refractivity contribution in [2.24, 2.45) is 0 Å². The van der Waals surface area contributed by atoms with E-state index in [1.54, 1.807) is 0 Å². The lowest BCUT2D eigenvalue weighted by atomic mass is 10.0. The van der Waals surface area contributed by atoms with Crippen LogP contribution in [-0.4, -0.2) is 9.55 Å². The summed E-state index contributed by atoms with van der Waals surface area (Å²) in [6.45, 7) is 8.48. The zero-order chi connectivity index (χ0) is 15.9. The van der Waals surface area contributed by atoms with Gasteiger partial charge in [0.15, 0.2) is 0 Å². The molecule has 0 saturated carbocycles. The summed E-state index contributed by atoms with van der Waals surface area (Å²) in [4.78, 5) is 17.3. The zero-order valence-corrected chi connectivity index (χ0v) is 13.5. The molecule has 0 fully saturated rings. The Morgan fingerprint density at radius 2 is 1.68 bits per heavy atom. The zero-order valence-electron chi connectivity index (χ0n) is 13.5. The SMILES string of the molecule is Cc1cc2c(c(C)n1)c(C)c(C)c(=O)n2Cc1ccccc1. The Kier molecular flexibility index (Phi) is 3.57. The molecule has 0 radical (unpaired) electrons. The van der Waals surface area contributed by atoms with Gasteiger partial charge in [-0.05, 0) is 44.9 Å². The summed E-state index contributed by atoms with van der Waals surface area (Å²) in [7, 11) is 0. The van der Waals surface area contributed by atoms with Crippen LogP contribution in [0.3, 0.4) is 0 Å². The molecule has 0 N–H and O–H groups in total. The van der Waals surface area contributed by atoms with Crippen LogP contribution in [0.15, 0.2) is 41.2 Å². The Bertz CT molecular complexity index is 908. The molecule has 0 aliphatic heterocycles. The molecule has 0 saturated heterocycles. The van der Waals surface area contributed by atoms with Crippen molar-refractivity contribution in [2.45, 2.75) is 34.2 Å². The Morgan fingerprint density at radius 3 is 2.36 bits per heavy atom. The minimum Gasteiger partial charge on any atom is -0.303 e. The molecule has 0 amide bonds. The lowest BCUT2D eigenvalue weighted by molar-refractivity contribution is 0.783. The molecule has 3 nitrogen and oxygen atoms in total. The first kappa shape index (κ1) is 14.5. The summed E-state index contributed by atoms with van der Waals surface area (Å²) in [6, 6.07) is 12.1. The topological polar surface area (TPSA) is 34.9 Å². The normalized spacial score (nSPS) is 11.1. The fraction of sp³-hybridized carbons (Fsp3) is 0.263. The Labute approximate surface area is 130 Å². The predicted molar refractivity (Wildman–Crippen MR) is 90.5 cm³/mol. The van der Waals surface area contributed by atoms with E-state index < -0.39 is 0 Å². The first-order valence-corrected chi connectivity index (χ1v) is 7.51. The highest BCUT2D eigenvalue weighted by atomic mass is 16.1. The second kappa shape index (κ2) is 5.41. The van der Waals surface area contributed by atoms with Crippen LogP contribution in [0.4, 0.5) is 0 Å². The van der Waals surface area contributed by atoms with Crippen LogP contribution >= 0.6 is 0 Å². The van der Waals surface area contributed by atoms with Gasteiger partial charge in [0.25, 0.3) is 5.56 Å². The van der Waals surface area contributed by atoms with E-state index in [0.717, 1.165) is 39.0 Å². The highest BCUT2D eigenvalue weighted by molar-refractivity contribution is 5.85. The van der Waals surface area contributed by atoms with E-state index in [9.17, 15) is 4.79 Å². The van der Waals surface area contributed by atoms with Crippen LogP contribution in [0.5, 0.6) is 0 Å². The second-order valence-electron chi connectivity index (χ2n) is 5.87. The number of aryl methyl sites for hydroxylation is 3. The molecule has 3 rings (SSSR count). The number of benzene rings is 1. The lowest BCUT2D eigenvalue weighted by Crippen LogP contribution is -2.25. The quantitative estimate of drug-likeness (QED) is 0.722. The van der Waals surface area contributed by atoms with Crippen molar-refractivity contribution in [3.63, 3.8) is 0 Å². The summed E-state index contributed by atoms with van der Waals surface area (Å²) in [5.74, 6) is 0. The van der Waals surface area contributed by atoms with Crippen molar-refractivity contribution in [1.82, 2.24) is 9.55 Å². The van der Waals surface area contributed by atoms with Gasteiger partial charge in [-0.3, -0.25) is 9.78 Å². The Morgan fingerprint density at radius 1 is 1.00 bits per heavy atom. The average molecular weight is 292 g/mol. The molecule has 2 heterocycles. The van der Waals surface area contributed by atoms with Gasteiger partial charge in [0, 0.05) is 22.3 Å². The number of fused-ring (bicyclic) bond motifs is 1. The Hall–Kier alpha value is -2.42. The van der Waals surface area contributed by atoms with Crippen LogP contribution in [0.25, 0.3) is 10.9 Å². The molecule has 0 atom stereocenters. The molecule has 0 unspecified atom stereocenters. The van der Waals surface area contributed by atoms with Gasteiger partial charge >= 0.3 is 0 Å². The predicted octanol–water partition coefficient (Wildman–Crippen LogP) is 3.68. The summed E-state index contributed by atoms with van der Waals surface area (Å²) in [5, 5.41) is 1.10. The van der Waals surface area contributed by atoms with Gasteiger partial charge in [-0.2, -0.15) is 0 Å². The van der Waals surface area contributed by atoms with Gasteiger partial charge in [0.2, 0.25) is 0 Å². The fourth-order valence-corrected chi connectivity index (χ4v) is 3.07. The van der Waals surface area contributed by atoms with Crippen LogP contribution in [0, 0.1) is 27.7 Å². The third-order valence-corrected chi connectivity index (χ3v) is 4.29. The first-order valence-electron chi connectivity index (χ1n) is 7.51. The molecule has 0 bridgehead atoms. The van der Waals surface area contributed by atoms with Crippen molar-refractivity contribution in [3.05, 3.63) is 74.8 Å². The van der Waals surface area contributed by atoms with E-state index in [1.807, 2.05) is 68.7 Å². The smallest absolute Gasteiger partial charge is 0.254 e. The number of aromatic nitrogens is 2. The number of hydrogen-bond donors (Lipinski definition) is 0. The molecular formula is C19H20N2O. The van der Waals surface area contributed by atoms with E-state index in [4.69, 9.17) is 0 Å². The van der Waals surface area contributed by atoms with Crippen LogP contribution in [-0.2, 0) is 6.54 Å².